The predicted octanol–water partition coefficient (Wildman–Crippen LogP) is 4.22. The van der Waals surface area contributed by atoms with Gasteiger partial charge >= 0.3 is 0 Å². The highest BCUT2D eigenvalue weighted by atomic mass is 35.5. The number of aromatic amines is 1. The molecular weight excluding hydrogens is 395 g/mol. The maximum absolute atomic E-state index is 12.4. The molecule has 26 heavy (non-hydrogen) atoms. The van der Waals surface area contributed by atoms with Crippen LogP contribution in [0.3, 0.4) is 0 Å². The van der Waals surface area contributed by atoms with Crippen LogP contribution in [0.1, 0.15) is 9.67 Å². The Morgan fingerprint density at radius 2 is 2.04 bits per heavy atom. The van der Waals surface area contributed by atoms with Crippen LogP contribution in [0, 0.1) is 0 Å². The molecule has 1 amide bonds. The molecule has 130 valence electrons. The molecule has 3 aromatic heterocycles. The topological polar surface area (TPSA) is 110 Å². The zero-order valence-electron chi connectivity index (χ0n) is 13.0. The number of amides is 1. The Kier molecular flexibility index (Phi) is 4.23. The van der Waals surface area contributed by atoms with Crippen LogP contribution in [0.25, 0.3) is 21.5 Å². The van der Waals surface area contributed by atoms with E-state index in [-0.39, 0.29) is 11.9 Å². The molecule has 4 rings (SSSR count). The molecule has 0 spiro atoms. The van der Waals surface area contributed by atoms with Crippen LogP contribution in [-0.4, -0.2) is 26.1 Å². The first-order valence-corrected chi connectivity index (χ1v) is 8.92. The number of rotatable bonds is 3. The number of fused-ring (bicyclic) bond motifs is 1. The highest BCUT2D eigenvalue weighted by Crippen LogP contribution is 2.36. The van der Waals surface area contributed by atoms with Crippen LogP contribution in [0.15, 0.2) is 36.5 Å². The number of thiophene rings is 1. The van der Waals surface area contributed by atoms with E-state index in [1.165, 1.54) is 11.3 Å². The van der Waals surface area contributed by atoms with Crippen LogP contribution in [0.4, 0.5) is 11.8 Å². The van der Waals surface area contributed by atoms with Gasteiger partial charge in [-0.15, -0.1) is 11.3 Å². The molecule has 4 N–H and O–H groups in total. The Morgan fingerprint density at radius 1 is 1.19 bits per heavy atom. The second-order valence-corrected chi connectivity index (χ2v) is 7.17. The van der Waals surface area contributed by atoms with E-state index in [1.54, 1.807) is 36.5 Å². The molecule has 0 radical (unpaired) electrons. The summed E-state index contributed by atoms with van der Waals surface area (Å²) in [5.41, 5.74) is 7.04. The van der Waals surface area contributed by atoms with E-state index in [0.29, 0.717) is 42.2 Å². The van der Waals surface area contributed by atoms with Crippen LogP contribution in [0.5, 0.6) is 0 Å². The van der Waals surface area contributed by atoms with E-state index < -0.39 is 0 Å². The van der Waals surface area contributed by atoms with Gasteiger partial charge in [-0.25, -0.2) is 9.97 Å². The SMILES string of the molecule is Nc1nc(-c2ccc(Cl)cc2Cl)c2cc(C(=O)Nc3cc[nH]n3)sc2n1. The maximum atomic E-state index is 12.4. The summed E-state index contributed by atoms with van der Waals surface area (Å²) < 4.78 is 0. The van der Waals surface area contributed by atoms with Crippen molar-refractivity contribution < 1.29 is 4.79 Å². The molecule has 1 aromatic carbocycles. The molecule has 0 atom stereocenters. The standard InChI is InChI=1S/C16H10Cl2N6OS/c17-7-1-2-8(10(18)5-7)13-9-6-11(26-15(9)23-16(19)22-13)14(25)21-12-3-4-20-24-12/h1-6H,(H2,19,22,23)(H2,20,21,24,25). The molecule has 0 fully saturated rings. The van der Waals surface area contributed by atoms with Gasteiger partial charge in [0.15, 0.2) is 5.82 Å². The Balaban J connectivity index is 1.81. The van der Waals surface area contributed by atoms with E-state index in [9.17, 15) is 4.79 Å². The second kappa shape index (κ2) is 6.56. The first kappa shape index (κ1) is 16.8. The highest BCUT2D eigenvalue weighted by Gasteiger charge is 2.18. The second-order valence-electron chi connectivity index (χ2n) is 5.30. The minimum absolute atomic E-state index is 0.0969. The van der Waals surface area contributed by atoms with E-state index in [2.05, 4.69) is 25.5 Å². The summed E-state index contributed by atoms with van der Waals surface area (Å²) in [5, 5.41) is 10.9. The summed E-state index contributed by atoms with van der Waals surface area (Å²) in [7, 11) is 0. The molecule has 0 aliphatic carbocycles. The van der Waals surface area contributed by atoms with Gasteiger partial charge in [-0.3, -0.25) is 9.89 Å². The lowest BCUT2D eigenvalue weighted by Gasteiger charge is -2.06. The average molecular weight is 405 g/mol. The highest BCUT2D eigenvalue weighted by molar-refractivity contribution is 7.20. The molecule has 0 saturated heterocycles. The summed E-state index contributed by atoms with van der Waals surface area (Å²) in [6, 6.07) is 8.46. The van der Waals surface area contributed by atoms with E-state index in [1.807, 2.05) is 0 Å². The average Bonchev–Trinajstić information content (AvgIpc) is 3.23. The normalized spacial score (nSPS) is 11.0. The monoisotopic (exact) mass is 404 g/mol. The number of carbonyl (C=O) groups is 1. The number of nitrogens with one attached hydrogen (secondary N) is 2. The van der Waals surface area contributed by atoms with Gasteiger partial charge in [-0.1, -0.05) is 23.2 Å². The number of hydrogen-bond acceptors (Lipinski definition) is 6. The maximum Gasteiger partial charge on any atom is 0.267 e. The lowest BCUT2D eigenvalue weighted by Crippen LogP contribution is -2.10. The predicted molar refractivity (Wildman–Crippen MR) is 104 cm³/mol. The van der Waals surface area contributed by atoms with Gasteiger partial charge in [0.2, 0.25) is 5.95 Å². The van der Waals surface area contributed by atoms with Crippen LogP contribution in [-0.2, 0) is 0 Å². The number of nitrogens with zero attached hydrogens (tertiary/aromatic N) is 3. The first-order chi connectivity index (χ1) is 12.5. The summed E-state index contributed by atoms with van der Waals surface area (Å²) in [5.74, 6) is 0.227. The Bertz CT molecular complexity index is 1130. The Hall–Kier alpha value is -2.68. The van der Waals surface area contributed by atoms with Crippen molar-refractivity contribution in [3.63, 3.8) is 0 Å². The van der Waals surface area contributed by atoms with Gasteiger partial charge in [-0.05, 0) is 24.3 Å². The van der Waals surface area contributed by atoms with Gasteiger partial charge in [0, 0.05) is 28.2 Å². The number of nitrogens with two attached hydrogens (primary N) is 1. The van der Waals surface area contributed by atoms with Crippen molar-refractivity contribution in [3.05, 3.63) is 51.5 Å². The number of nitrogen functional groups attached to an aromatic ring is 1. The zero-order valence-corrected chi connectivity index (χ0v) is 15.3. The molecule has 0 aliphatic heterocycles. The summed E-state index contributed by atoms with van der Waals surface area (Å²) >= 11 is 13.5. The number of aromatic nitrogens is 4. The number of benzene rings is 1. The zero-order chi connectivity index (χ0) is 18.3. The number of carbonyl (C=O) groups excluding carboxylic acids is 1. The van der Waals surface area contributed by atoms with E-state index in [0.717, 1.165) is 0 Å². The van der Waals surface area contributed by atoms with Crippen molar-refractivity contribution >= 4 is 62.4 Å². The third-order valence-electron chi connectivity index (χ3n) is 3.56. The smallest absolute Gasteiger partial charge is 0.267 e. The summed E-state index contributed by atoms with van der Waals surface area (Å²) in [6.07, 6.45) is 1.62. The molecular formula is C16H10Cl2N6OS. The Labute approximate surface area is 161 Å². The third-order valence-corrected chi connectivity index (χ3v) is 5.14. The molecule has 0 unspecified atom stereocenters. The molecule has 4 aromatic rings. The van der Waals surface area contributed by atoms with Crippen molar-refractivity contribution in [2.24, 2.45) is 0 Å². The third kappa shape index (κ3) is 3.10. The van der Waals surface area contributed by atoms with E-state index in [4.69, 9.17) is 28.9 Å². The molecule has 7 nitrogen and oxygen atoms in total. The molecule has 0 bridgehead atoms. The van der Waals surface area contributed by atoms with Crippen molar-refractivity contribution in [2.75, 3.05) is 11.1 Å². The number of H-pyrrole nitrogens is 1. The van der Waals surface area contributed by atoms with Gasteiger partial charge in [0.25, 0.3) is 5.91 Å². The van der Waals surface area contributed by atoms with Crippen molar-refractivity contribution in [3.8, 4) is 11.3 Å². The summed E-state index contributed by atoms with van der Waals surface area (Å²) in [4.78, 5) is 22.0. The quantitative estimate of drug-likeness (QED) is 0.473. The molecule has 3 heterocycles. The lowest BCUT2D eigenvalue weighted by atomic mass is 10.1. The summed E-state index contributed by atoms with van der Waals surface area (Å²) in [6.45, 7) is 0. The van der Waals surface area contributed by atoms with Gasteiger partial charge < -0.3 is 11.1 Å². The number of anilines is 2. The van der Waals surface area contributed by atoms with Gasteiger partial charge in [-0.2, -0.15) is 5.10 Å². The minimum Gasteiger partial charge on any atom is -0.368 e. The van der Waals surface area contributed by atoms with Crippen molar-refractivity contribution in [1.82, 2.24) is 20.2 Å². The van der Waals surface area contributed by atoms with Crippen LogP contribution >= 0.6 is 34.5 Å². The molecule has 10 heteroatoms. The van der Waals surface area contributed by atoms with Crippen LogP contribution < -0.4 is 11.1 Å². The van der Waals surface area contributed by atoms with Gasteiger partial charge in [0.05, 0.1) is 15.6 Å². The molecule has 0 aliphatic rings. The fourth-order valence-corrected chi connectivity index (χ4v) is 3.88. The largest absolute Gasteiger partial charge is 0.368 e. The Morgan fingerprint density at radius 3 is 2.77 bits per heavy atom. The first-order valence-electron chi connectivity index (χ1n) is 7.35. The molecule has 0 saturated carbocycles. The van der Waals surface area contributed by atoms with Gasteiger partial charge in [0.1, 0.15) is 4.83 Å². The number of hydrogen-bond donors (Lipinski definition) is 3. The van der Waals surface area contributed by atoms with E-state index >= 15 is 0 Å². The lowest BCUT2D eigenvalue weighted by molar-refractivity contribution is 0.103. The fourth-order valence-electron chi connectivity index (χ4n) is 2.44. The van der Waals surface area contributed by atoms with Crippen molar-refractivity contribution in [2.45, 2.75) is 0 Å². The van der Waals surface area contributed by atoms with Crippen LogP contribution in [0.2, 0.25) is 10.0 Å². The fraction of sp³-hybridized carbons (Fsp3) is 0. The minimum atomic E-state index is -0.299. The van der Waals surface area contributed by atoms with Crippen molar-refractivity contribution in [1.29, 1.82) is 0 Å². The number of halogens is 2.